The number of carbonyl (C=O) groups excluding carboxylic acids is 1. The topological polar surface area (TPSA) is 53.4 Å². The van der Waals surface area contributed by atoms with Crippen LogP contribution in [0.15, 0.2) is 12.1 Å². The van der Waals surface area contributed by atoms with Gasteiger partial charge in [-0.1, -0.05) is 49.4 Å². The van der Waals surface area contributed by atoms with Gasteiger partial charge < -0.3 is 10.0 Å². The number of pyridine rings is 1. The molecule has 1 aromatic rings. The summed E-state index contributed by atoms with van der Waals surface area (Å²) in [6.45, 7) is 2.91. The highest BCUT2D eigenvalue weighted by atomic mass is 35.5. The smallest absolute Gasteiger partial charge is 0.274 e. The maximum atomic E-state index is 12.4. The number of unbranched alkanes of at least 4 members (excludes halogenated alkanes) is 3. The molecule has 1 heterocycles. The molecule has 0 aliphatic rings. The Hall–Kier alpha value is -0.840. The zero-order valence-corrected chi connectivity index (χ0v) is 13.1. The van der Waals surface area contributed by atoms with Crippen molar-refractivity contribution in [3.63, 3.8) is 0 Å². The Labute approximate surface area is 129 Å². The maximum Gasteiger partial charge on any atom is 0.274 e. The Balaban J connectivity index is 2.74. The van der Waals surface area contributed by atoms with Crippen LogP contribution in [0.2, 0.25) is 10.2 Å². The fourth-order valence-electron chi connectivity index (χ4n) is 1.88. The van der Waals surface area contributed by atoms with Gasteiger partial charge in [0.2, 0.25) is 0 Å². The average molecular weight is 319 g/mol. The number of aromatic nitrogens is 1. The predicted molar refractivity (Wildman–Crippen MR) is 81.4 cm³/mol. The van der Waals surface area contributed by atoms with Crippen molar-refractivity contribution in [2.45, 2.75) is 32.6 Å². The average Bonchev–Trinajstić information content (AvgIpc) is 2.44. The normalized spacial score (nSPS) is 10.6. The van der Waals surface area contributed by atoms with Crippen LogP contribution in [0.1, 0.15) is 43.1 Å². The molecule has 0 atom stereocenters. The molecule has 6 heteroatoms. The molecule has 1 rings (SSSR count). The van der Waals surface area contributed by atoms with E-state index in [0.717, 1.165) is 25.7 Å². The molecule has 0 fully saturated rings. The van der Waals surface area contributed by atoms with Gasteiger partial charge in [-0.2, -0.15) is 0 Å². The summed E-state index contributed by atoms with van der Waals surface area (Å²) in [5, 5.41) is 9.59. The van der Waals surface area contributed by atoms with E-state index in [0.29, 0.717) is 6.54 Å². The minimum atomic E-state index is -0.289. The standard InChI is InChI=1S/C14H20Cl2N2O2/c1-2-3-4-5-8-18(9-10-19)14(20)13-11(15)6-7-12(16)17-13/h6-7,19H,2-5,8-10H2,1H3. The van der Waals surface area contributed by atoms with Crippen molar-refractivity contribution in [2.24, 2.45) is 0 Å². The van der Waals surface area contributed by atoms with Crippen molar-refractivity contribution < 1.29 is 9.90 Å². The van der Waals surface area contributed by atoms with E-state index in [1.54, 1.807) is 11.0 Å². The highest BCUT2D eigenvalue weighted by Gasteiger charge is 2.19. The van der Waals surface area contributed by atoms with Gasteiger partial charge in [-0.05, 0) is 18.6 Å². The molecule has 0 aliphatic heterocycles. The number of aliphatic hydroxyl groups excluding tert-OH is 1. The van der Waals surface area contributed by atoms with E-state index in [1.165, 1.54) is 6.07 Å². The molecule has 0 aliphatic carbocycles. The lowest BCUT2D eigenvalue weighted by atomic mass is 10.2. The van der Waals surface area contributed by atoms with Gasteiger partial charge in [0.25, 0.3) is 5.91 Å². The third kappa shape index (κ3) is 5.27. The SMILES string of the molecule is CCCCCCN(CCO)C(=O)c1nc(Cl)ccc1Cl. The van der Waals surface area contributed by atoms with E-state index >= 15 is 0 Å². The molecule has 4 nitrogen and oxygen atoms in total. The van der Waals surface area contributed by atoms with Crippen molar-refractivity contribution >= 4 is 29.1 Å². The monoisotopic (exact) mass is 318 g/mol. The van der Waals surface area contributed by atoms with Crippen LogP contribution in [0.25, 0.3) is 0 Å². The molecule has 0 bridgehead atoms. The Kier molecular flexibility index (Phi) is 7.88. The zero-order valence-electron chi connectivity index (χ0n) is 11.6. The Morgan fingerprint density at radius 1 is 1.25 bits per heavy atom. The highest BCUT2D eigenvalue weighted by molar-refractivity contribution is 6.34. The molecule has 0 unspecified atom stereocenters. The second-order valence-corrected chi connectivity index (χ2v) is 5.34. The van der Waals surface area contributed by atoms with E-state index in [2.05, 4.69) is 11.9 Å². The van der Waals surface area contributed by atoms with E-state index < -0.39 is 0 Å². The third-order valence-corrected chi connectivity index (χ3v) is 3.47. The number of rotatable bonds is 8. The second kappa shape index (κ2) is 9.16. The molecule has 0 aromatic carbocycles. The summed E-state index contributed by atoms with van der Waals surface area (Å²) in [5.41, 5.74) is 0.142. The van der Waals surface area contributed by atoms with Crippen LogP contribution >= 0.6 is 23.2 Å². The Morgan fingerprint density at radius 2 is 2.00 bits per heavy atom. The van der Waals surface area contributed by atoms with Crippen LogP contribution in [-0.2, 0) is 0 Å². The molecule has 112 valence electrons. The van der Waals surface area contributed by atoms with Gasteiger partial charge in [0.1, 0.15) is 10.8 Å². The second-order valence-electron chi connectivity index (χ2n) is 4.54. The summed E-state index contributed by atoms with van der Waals surface area (Å²) in [6.07, 6.45) is 4.23. The van der Waals surface area contributed by atoms with Gasteiger partial charge in [-0.25, -0.2) is 4.98 Å². The van der Waals surface area contributed by atoms with Crippen LogP contribution in [-0.4, -0.2) is 40.6 Å². The molecule has 1 aromatic heterocycles. The van der Waals surface area contributed by atoms with Gasteiger partial charge in [0.05, 0.1) is 11.6 Å². The number of amides is 1. The van der Waals surface area contributed by atoms with Gasteiger partial charge in [-0.3, -0.25) is 4.79 Å². The van der Waals surface area contributed by atoms with Crippen LogP contribution in [0.4, 0.5) is 0 Å². The summed E-state index contributed by atoms with van der Waals surface area (Å²) in [4.78, 5) is 17.9. The minimum absolute atomic E-state index is 0.0856. The number of aliphatic hydroxyl groups is 1. The number of nitrogens with zero attached hydrogens (tertiary/aromatic N) is 2. The maximum absolute atomic E-state index is 12.4. The number of hydrogen-bond donors (Lipinski definition) is 1. The first-order valence-corrected chi connectivity index (χ1v) is 7.58. The molecule has 0 saturated heterocycles. The van der Waals surface area contributed by atoms with E-state index in [4.69, 9.17) is 28.3 Å². The molecule has 20 heavy (non-hydrogen) atoms. The van der Waals surface area contributed by atoms with Gasteiger partial charge >= 0.3 is 0 Å². The fraction of sp³-hybridized carbons (Fsp3) is 0.571. The molecular weight excluding hydrogens is 299 g/mol. The lowest BCUT2D eigenvalue weighted by Gasteiger charge is -2.21. The van der Waals surface area contributed by atoms with E-state index in [-0.39, 0.29) is 34.9 Å². The van der Waals surface area contributed by atoms with Crippen molar-refractivity contribution in [2.75, 3.05) is 19.7 Å². The molecule has 0 spiro atoms. The van der Waals surface area contributed by atoms with E-state index in [9.17, 15) is 4.79 Å². The summed E-state index contributed by atoms with van der Waals surface area (Å²) < 4.78 is 0. The fourth-order valence-corrected chi connectivity index (χ4v) is 2.22. The van der Waals surface area contributed by atoms with Gasteiger partial charge in [-0.15, -0.1) is 0 Å². The number of carbonyl (C=O) groups is 1. The van der Waals surface area contributed by atoms with Crippen molar-refractivity contribution in [3.05, 3.63) is 28.0 Å². The zero-order chi connectivity index (χ0) is 15.0. The Bertz CT molecular complexity index is 441. The molecule has 0 saturated carbocycles. The first-order valence-electron chi connectivity index (χ1n) is 6.82. The van der Waals surface area contributed by atoms with Crippen molar-refractivity contribution in [1.82, 2.24) is 9.88 Å². The lowest BCUT2D eigenvalue weighted by Crippen LogP contribution is -2.35. The molecule has 0 radical (unpaired) electrons. The van der Waals surface area contributed by atoms with Crippen molar-refractivity contribution in [1.29, 1.82) is 0 Å². The summed E-state index contributed by atoms with van der Waals surface area (Å²) >= 11 is 11.8. The quantitative estimate of drug-likeness (QED) is 0.590. The molecular formula is C14H20Cl2N2O2. The number of hydrogen-bond acceptors (Lipinski definition) is 3. The lowest BCUT2D eigenvalue weighted by molar-refractivity contribution is 0.0713. The highest BCUT2D eigenvalue weighted by Crippen LogP contribution is 2.19. The summed E-state index contributed by atoms with van der Waals surface area (Å²) in [6, 6.07) is 3.09. The third-order valence-electron chi connectivity index (χ3n) is 2.95. The van der Waals surface area contributed by atoms with Crippen LogP contribution < -0.4 is 0 Å². The number of halogens is 2. The van der Waals surface area contributed by atoms with Crippen LogP contribution in [0.3, 0.4) is 0 Å². The largest absolute Gasteiger partial charge is 0.395 e. The first kappa shape index (κ1) is 17.2. The van der Waals surface area contributed by atoms with Gasteiger partial charge in [0, 0.05) is 13.1 Å². The van der Waals surface area contributed by atoms with Crippen molar-refractivity contribution in [3.8, 4) is 0 Å². The van der Waals surface area contributed by atoms with Gasteiger partial charge in [0.15, 0.2) is 0 Å². The predicted octanol–water partition coefficient (Wildman–Crippen LogP) is 3.40. The molecule has 1 N–H and O–H groups in total. The van der Waals surface area contributed by atoms with Crippen LogP contribution in [0, 0.1) is 0 Å². The Morgan fingerprint density at radius 3 is 2.65 bits per heavy atom. The molecule has 1 amide bonds. The minimum Gasteiger partial charge on any atom is -0.395 e. The van der Waals surface area contributed by atoms with Crippen LogP contribution in [0.5, 0.6) is 0 Å². The summed E-state index contributed by atoms with van der Waals surface area (Å²) in [5.74, 6) is -0.289. The van der Waals surface area contributed by atoms with E-state index in [1.807, 2.05) is 0 Å². The summed E-state index contributed by atoms with van der Waals surface area (Å²) in [7, 11) is 0. The first-order chi connectivity index (χ1) is 9.60.